The molecular formula is C19H29N3O2. The van der Waals surface area contributed by atoms with Crippen LogP contribution in [0.25, 0.3) is 0 Å². The van der Waals surface area contributed by atoms with Gasteiger partial charge in [-0.25, -0.2) is 0 Å². The largest absolute Gasteiger partial charge is 0.384 e. The third-order valence-electron chi connectivity index (χ3n) is 5.37. The average molecular weight is 331 g/mol. The van der Waals surface area contributed by atoms with Crippen molar-refractivity contribution in [3.8, 4) is 0 Å². The van der Waals surface area contributed by atoms with Gasteiger partial charge in [-0.3, -0.25) is 9.69 Å². The number of hydrogen-bond donors (Lipinski definition) is 2. The van der Waals surface area contributed by atoms with Crippen LogP contribution in [-0.2, 0) is 9.53 Å². The van der Waals surface area contributed by atoms with Crippen LogP contribution in [0.2, 0.25) is 0 Å². The number of nitrogens with one attached hydrogen (secondary N) is 2. The van der Waals surface area contributed by atoms with Crippen LogP contribution < -0.4 is 10.6 Å². The van der Waals surface area contributed by atoms with Crippen LogP contribution >= 0.6 is 0 Å². The molecule has 2 unspecified atom stereocenters. The van der Waals surface area contributed by atoms with Gasteiger partial charge in [-0.2, -0.15) is 0 Å². The van der Waals surface area contributed by atoms with Crippen LogP contribution in [0, 0.1) is 5.41 Å². The molecule has 0 bridgehead atoms. The summed E-state index contributed by atoms with van der Waals surface area (Å²) >= 11 is 0. The summed E-state index contributed by atoms with van der Waals surface area (Å²) in [5.74, 6) is 0.120. The van der Waals surface area contributed by atoms with Gasteiger partial charge >= 0.3 is 0 Å². The quantitative estimate of drug-likeness (QED) is 0.796. The molecule has 2 aliphatic heterocycles. The smallest absolute Gasteiger partial charge is 0.229 e. The average Bonchev–Trinajstić information content (AvgIpc) is 3.29. The van der Waals surface area contributed by atoms with Gasteiger partial charge in [-0.1, -0.05) is 30.3 Å². The van der Waals surface area contributed by atoms with Gasteiger partial charge < -0.3 is 15.4 Å². The second-order valence-corrected chi connectivity index (χ2v) is 7.02. The Balaban J connectivity index is 1.67. The number of ether oxygens (including phenoxy) is 1. The van der Waals surface area contributed by atoms with Crippen LogP contribution in [0.5, 0.6) is 0 Å². The number of likely N-dealkylation sites (tertiary alicyclic amines) is 1. The molecule has 1 aromatic rings. The van der Waals surface area contributed by atoms with E-state index in [1.165, 1.54) is 18.4 Å². The zero-order valence-electron chi connectivity index (χ0n) is 14.6. The van der Waals surface area contributed by atoms with Crippen molar-refractivity contribution in [3.05, 3.63) is 35.9 Å². The van der Waals surface area contributed by atoms with Gasteiger partial charge in [-0.15, -0.1) is 0 Å². The third-order valence-corrected chi connectivity index (χ3v) is 5.37. The fourth-order valence-electron chi connectivity index (χ4n) is 3.97. The van der Waals surface area contributed by atoms with E-state index in [1.807, 2.05) is 6.07 Å². The first-order valence-corrected chi connectivity index (χ1v) is 9.02. The molecule has 2 heterocycles. The topological polar surface area (TPSA) is 53.6 Å². The minimum absolute atomic E-state index is 0.120. The molecule has 5 nitrogen and oxygen atoms in total. The molecule has 0 aliphatic carbocycles. The normalized spacial score (nSPS) is 25.7. The van der Waals surface area contributed by atoms with Gasteiger partial charge in [0.1, 0.15) is 0 Å². The van der Waals surface area contributed by atoms with Crippen LogP contribution in [-0.4, -0.2) is 57.2 Å². The molecule has 0 saturated carbocycles. The monoisotopic (exact) mass is 331 g/mol. The molecule has 24 heavy (non-hydrogen) atoms. The first kappa shape index (κ1) is 17.4. The number of carbonyl (C=O) groups is 1. The van der Waals surface area contributed by atoms with Gasteiger partial charge in [0, 0.05) is 20.2 Å². The van der Waals surface area contributed by atoms with Gasteiger partial charge in [-0.05, 0) is 44.5 Å². The third kappa shape index (κ3) is 3.79. The Morgan fingerprint density at radius 3 is 2.71 bits per heavy atom. The highest BCUT2D eigenvalue weighted by molar-refractivity contribution is 5.83. The van der Waals surface area contributed by atoms with Gasteiger partial charge in [0.05, 0.1) is 18.1 Å². The zero-order chi connectivity index (χ0) is 16.8. The predicted octanol–water partition coefficient (Wildman–Crippen LogP) is 1.57. The summed E-state index contributed by atoms with van der Waals surface area (Å²) in [6.07, 6.45) is 3.33. The molecule has 2 N–H and O–H groups in total. The zero-order valence-corrected chi connectivity index (χ0v) is 14.6. The minimum Gasteiger partial charge on any atom is -0.384 e. The number of nitrogens with zero attached hydrogens (tertiary/aromatic N) is 1. The number of amides is 1. The Hall–Kier alpha value is -1.43. The Morgan fingerprint density at radius 1 is 1.33 bits per heavy atom. The van der Waals surface area contributed by atoms with E-state index in [-0.39, 0.29) is 11.9 Å². The minimum atomic E-state index is -0.416. The highest BCUT2D eigenvalue weighted by Gasteiger charge is 2.41. The fraction of sp³-hybridized carbons (Fsp3) is 0.632. The van der Waals surface area contributed by atoms with E-state index in [0.29, 0.717) is 19.7 Å². The van der Waals surface area contributed by atoms with Crippen molar-refractivity contribution in [1.82, 2.24) is 15.5 Å². The summed E-state index contributed by atoms with van der Waals surface area (Å²) in [5, 5.41) is 6.53. The maximum absolute atomic E-state index is 12.9. The lowest BCUT2D eigenvalue weighted by molar-refractivity contribution is -0.133. The predicted molar refractivity (Wildman–Crippen MR) is 94.8 cm³/mol. The van der Waals surface area contributed by atoms with E-state index in [0.717, 1.165) is 26.1 Å². The lowest BCUT2D eigenvalue weighted by Crippen LogP contribution is -2.48. The van der Waals surface area contributed by atoms with Crippen molar-refractivity contribution in [2.45, 2.75) is 25.3 Å². The van der Waals surface area contributed by atoms with Gasteiger partial charge in [0.2, 0.25) is 5.91 Å². The van der Waals surface area contributed by atoms with E-state index in [2.05, 4.69) is 39.8 Å². The molecule has 3 rings (SSSR count). The maximum Gasteiger partial charge on any atom is 0.229 e. The Labute approximate surface area is 144 Å². The lowest BCUT2D eigenvalue weighted by atomic mass is 9.87. The molecule has 1 aromatic carbocycles. The molecule has 2 fully saturated rings. The van der Waals surface area contributed by atoms with Gasteiger partial charge in [0.15, 0.2) is 0 Å². The molecular weight excluding hydrogens is 302 g/mol. The van der Waals surface area contributed by atoms with Crippen LogP contribution in [0.3, 0.4) is 0 Å². The van der Waals surface area contributed by atoms with Gasteiger partial charge in [0.25, 0.3) is 0 Å². The summed E-state index contributed by atoms with van der Waals surface area (Å²) < 4.78 is 5.33. The van der Waals surface area contributed by atoms with E-state index in [4.69, 9.17) is 4.74 Å². The number of benzene rings is 1. The second kappa shape index (κ2) is 8.10. The summed E-state index contributed by atoms with van der Waals surface area (Å²) in [7, 11) is 1.67. The van der Waals surface area contributed by atoms with E-state index in [1.54, 1.807) is 7.11 Å². The molecule has 1 amide bonds. The van der Waals surface area contributed by atoms with Crippen LogP contribution in [0.15, 0.2) is 30.3 Å². The summed E-state index contributed by atoms with van der Waals surface area (Å²) in [6, 6.07) is 10.8. The van der Waals surface area contributed by atoms with Crippen molar-refractivity contribution < 1.29 is 9.53 Å². The Kier molecular flexibility index (Phi) is 5.87. The highest BCUT2D eigenvalue weighted by Crippen LogP contribution is 2.28. The molecule has 0 aromatic heterocycles. The molecule has 2 aliphatic rings. The number of carbonyl (C=O) groups excluding carboxylic acids is 1. The summed E-state index contributed by atoms with van der Waals surface area (Å²) in [6.45, 7) is 4.94. The summed E-state index contributed by atoms with van der Waals surface area (Å²) in [4.78, 5) is 15.3. The maximum atomic E-state index is 12.9. The first-order chi connectivity index (χ1) is 11.7. The van der Waals surface area contributed by atoms with Crippen molar-refractivity contribution >= 4 is 5.91 Å². The van der Waals surface area contributed by atoms with Crippen molar-refractivity contribution in [2.24, 2.45) is 5.41 Å². The van der Waals surface area contributed by atoms with E-state index < -0.39 is 5.41 Å². The van der Waals surface area contributed by atoms with Crippen LogP contribution in [0.1, 0.15) is 30.9 Å². The first-order valence-electron chi connectivity index (χ1n) is 9.02. The van der Waals surface area contributed by atoms with E-state index in [9.17, 15) is 4.79 Å². The van der Waals surface area contributed by atoms with Crippen molar-refractivity contribution in [3.63, 3.8) is 0 Å². The molecule has 132 valence electrons. The molecule has 0 radical (unpaired) electrons. The second-order valence-electron chi connectivity index (χ2n) is 7.02. The van der Waals surface area contributed by atoms with Crippen molar-refractivity contribution in [1.29, 1.82) is 0 Å². The molecule has 2 atom stereocenters. The fourth-order valence-corrected chi connectivity index (χ4v) is 3.97. The lowest BCUT2D eigenvalue weighted by Gasteiger charge is -2.31. The number of rotatable bonds is 7. The molecule has 0 spiro atoms. The number of methoxy groups -OCH3 is 1. The van der Waals surface area contributed by atoms with Crippen LogP contribution in [0.4, 0.5) is 0 Å². The van der Waals surface area contributed by atoms with Crippen molar-refractivity contribution in [2.75, 3.05) is 46.4 Å². The van der Waals surface area contributed by atoms with E-state index >= 15 is 0 Å². The Bertz CT molecular complexity index is 523. The standard InChI is InChI=1S/C19H29N3O2/c1-24-15-19(9-10-20-14-19)18(23)21-13-17(22-11-5-6-12-22)16-7-3-2-4-8-16/h2-4,7-8,17,20H,5-6,9-15H2,1H3,(H,21,23). The summed E-state index contributed by atoms with van der Waals surface area (Å²) in [5.41, 5.74) is 0.867. The molecule has 2 saturated heterocycles. The number of hydrogen-bond acceptors (Lipinski definition) is 4. The Morgan fingerprint density at radius 2 is 2.08 bits per heavy atom. The highest BCUT2D eigenvalue weighted by atomic mass is 16.5. The SMILES string of the molecule is COCC1(C(=O)NCC(c2ccccc2)N2CCCC2)CCNC1. The molecule has 5 heteroatoms.